The molecule has 3 unspecified atom stereocenters. The summed E-state index contributed by atoms with van der Waals surface area (Å²) in [6.45, 7) is 6.74. The number of quaternary nitrogens is 1. The summed E-state index contributed by atoms with van der Waals surface area (Å²) in [6.07, 6.45) is 57.7. The molecule has 67 heavy (non-hydrogen) atoms. The highest BCUT2D eigenvalue weighted by Gasteiger charge is 2.27. The zero-order chi connectivity index (χ0) is 49.4. The molecule has 0 aliphatic carbocycles. The lowest BCUT2D eigenvalue weighted by atomic mass is 10.1. The van der Waals surface area contributed by atoms with Gasteiger partial charge in [-0.1, -0.05) is 204 Å². The minimum absolute atomic E-state index is 0.0341. The van der Waals surface area contributed by atoms with Gasteiger partial charge in [0, 0.05) is 12.8 Å². The highest BCUT2D eigenvalue weighted by molar-refractivity contribution is 7.45. The molecular formula is C57H105N2O7P. The van der Waals surface area contributed by atoms with Crippen LogP contribution >= 0.6 is 7.82 Å². The van der Waals surface area contributed by atoms with Crippen LogP contribution in [0.5, 0.6) is 0 Å². The number of carbonyl (C=O) groups excluding carboxylic acids is 2. The van der Waals surface area contributed by atoms with Crippen LogP contribution in [0.4, 0.5) is 0 Å². The number of phosphoric acid groups is 1. The fraction of sp³-hybridized carbons (Fsp3) is 0.789. The summed E-state index contributed by atoms with van der Waals surface area (Å²) in [5.41, 5.74) is 0. The first-order chi connectivity index (χ1) is 32.4. The first-order valence-electron chi connectivity index (χ1n) is 27.6. The summed E-state index contributed by atoms with van der Waals surface area (Å²) in [4.78, 5) is 39.7. The van der Waals surface area contributed by atoms with Gasteiger partial charge >= 0.3 is 5.97 Å². The fourth-order valence-corrected chi connectivity index (χ4v) is 8.32. The summed E-state index contributed by atoms with van der Waals surface area (Å²) in [6, 6.07) is -0.921. The summed E-state index contributed by atoms with van der Waals surface area (Å²) in [7, 11) is 1.14. The molecule has 1 N–H and O–H groups in total. The molecule has 0 aliphatic heterocycles. The maximum absolute atomic E-state index is 13.4. The number of ether oxygens (including phenoxy) is 1. The number of phosphoric ester groups is 1. The average molecular weight is 961 g/mol. The van der Waals surface area contributed by atoms with Gasteiger partial charge < -0.3 is 28.5 Å². The number of unbranched alkanes of at least 4 members (excludes halogenated alkanes) is 25. The number of hydrogen-bond acceptors (Lipinski definition) is 7. The predicted molar refractivity (Wildman–Crippen MR) is 284 cm³/mol. The Morgan fingerprint density at radius 3 is 1.40 bits per heavy atom. The third kappa shape index (κ3) is 48.5. The topological polar surface area (TPSA) is 114 Å². The molecule has 3 atom stereocenters. The molecule has 0 aliphatic rings. The second kappa shape index (κ2) is 47.4. The molecule has 0 spiro atoms. The van der Waals surface area contributed by atoms with Crippen molar-refractivity contribution in [1.82, 2.24) is 5.32 Å². The number of likely N-dealkylation sites (N-methyl/N-ethyl adjacent to an activating group) is 1. The third-order valence-electron chi connectivity index (χ3n) is 11.9. The molecule has 0 fully saturated rings. The quantitative estimate of drug-likeness (QED) is 0.0212. The highest BCUT2D eigenvalue weighted by atomic mass is 31.2. The molecule has 1 amide bonds. The molecule has 0 aromatic heterocycles. The number of allylic oxidation sites excluding steroid dienone is 9. The Balaban J connectivity index is 5.42. The lowest BCUT2D eigenvalue weighted by Gasteiger charge is -2.30. The molecule has 0 heterocycles. The Kier molecular flexibility index (Phi) is 45.8. The Labute approximate surface area is 413 Å². The molecule has 0 saturated carbocycles. The Morgan fingerprint density at radius 2 is 0.925 bits per heavy atom. The van der Waals surface area contributed by atoms with E-state index in [-0.39, 0.29) is 31.3 Å². The van der Waals surface area contributed by atoms with Crippen molar-refractivity contribution in [2.24, 2.45) is 0 Å². The van der Waals surface area contributed by atoms with Crippen LogP contribution in [0.25, 0.3) is 0 Å². The van der Waals surface area contributed by atoms with Gasteiger partial charge in [-0.3, -0.25) is 14.2 Å². The molecule has 9 nitrogen and oxygen atoms in total. The van der Waals surface area contributed by atoms with E-state index in [0.717, 1.165) is 64.2 Å². The van der Waals surface area contributed by atoms with E-state index in [4.69, 9.17) is 13.8 Å². The van der Waals surface area contributed by atoms with E-state index in [1.807, 2.05) is 39.4 Å². The van der Waals surface area contributed by atoms with Crippen LogP contribution in [0, 0.1) is 0 Å². The number of esters is 1. The molecule has 0 bridgehead atoms. The van der Waals surface area contributed by atoms with E-state index in [1.54, 1.807) is 0 Å². The smallest absolute Gasteiger partial charge is 0.306 e. The van der Waals surface area contributed by atoms with E-state index in [1.165, 1.54) is 128 Å². The van der Waals surface area contributed by atoms with Crippen molar-refractivity contribution in [2.45, 2.75) is 251 Å². The van der Waals surface area contributed by atoms with E-state index in [0.29, 0.717) is 23.9 Å². The standard InChI is InChI=1S/C57H105N2O7P/c1-7-10-13-16-19-22-25-27-28-29-30-32-35-38-41-44-47-50-57(61)66-55(48-45-42-39-36-33-24-21-18-15-12-9-3)54(53-65-67(62,63)64-52-51-59(4,5)6)58-56(60)49-46-43-40-37-34-31-26-23-20-17-14-11-8-2/h19,22,27-28,31,34,40,43,45,48,54-55H,7-18,20-21,23-26,29-30,32-33,35-39,41-42,44,46-47,49-53H2,1-6H3,(H-,58,60,62,63)/b22-19-,28-27-,34-31-,43-40+,48-45+. The Bertz CT molecular complexity index is 1340. The highest BCUT2D eigenvalue weighted by Crippen LogP contribution is 2.38. The summed E-state index contributed by atoms with van der Waals surface area (Å²) in [5, 5.41) is 2.97. The van der Waals surface area contributed by atoms with Gasteiger partial charge in [0.25, 0.3) is 7.82 Å². The number of nitrogens with one attached hydrogen (secondary N) is 1. The Morgan fingerprint density at radius 1 is 0.522 bits per heavy atom. The van der Waals surface area contributed by atoms with Gasteiger partial charge in [-0.25, -0.2) is 0 Å². The van der Waals surface area contributed by atoms with E-state index in [2.05, 4.69) is 68.6 Å². The van der Waals surface area contributed by atoms with Crippen molar-refractivity contribution >= 4 is 19.7 Å². The van der Waals surface area contributed by atoms with Crippen LogP contribution in [0.2, 0.25) is 0 Å². The number of carbonyl (C=O) groups is 2. The van der Waals surface area contributed by atoms with Gasteiger partial charge in [0.15, 0.2) is 0 Å². The molecule has 0 aromatic carbocycles. The summed E-state index contributed by atoms with van der Waals surface area (Å²) >= 11 is 0. The predicted octanol–water partition coefficient (Wildman–Crippen LogP) is 15.7. The van der Waals surface area contributed by atoms with Crippen molar-refractivity contribution in [3.8, 4) is 0 Å². The largest absolute Gasteiger partial charge is 0.756 e. The minimum atomic E-state index is -4.71. The molecular weight excluding hydrogens is 856 g/mol. The maximum Gasteiger partial charge on any atom is 0.306 e. The molecule has 0 rings (SSSR count). The zero-order valence-corrected chi connectivity index (χ0v) is 45.2. The third-order valence-corrected chi connectivity index (χ3v) is 12.9. The lowest BCUT2D eigenvalue weighted by molar-refractivity contribution is -0.870. The monoisotopic (exact) mass is 961 g/mol. The van der Waals surface area contributed by atoms with Gasteiger partial charge in [0.2, 0.25) is 5.91 Å². The van der Waals surface area contributed by atoms with Crippen molar-refractivity contribution < 1.29 is 37.3 Å². The lowest BCUT2D eigenvalue weighted by Crippen LogP contribution is -2.47. The number of nitrogens with zero attached hydrogens (tertiary/aromatic N) is 1. The maximum atomic E-state index is 13.4. The molecule has 10 heteroatoms. The van der Waals surface area contributed by atoms with Crippen LogP contribution in [-0.2, 0) is 27.9 Å². The van der Waals surface area contributed by atoms with Crippen LogP contribution < -0.4 is 10.2 Å². The van der Waals surface area contributed by atoms with Gasteiger partial charge in [-0.05, 0) is 83.1 Å². The Hall–Kier alpha value is -2.29. The second-order valence-electron chi connectivity index (χ2n) is 19.7. The number of rotatable bonds is 49. The molecule has 0 saturated heterocycles. The van der Waals surface area contributed by atoms with Crippen LogP contribution in [0.1, 0.15) is 239 Å². The second-order valence-corrected chi connectivity index (χ2v) is 21.1. The average Bonchev–Trinajstić information content (AvgIpc) is 3.28. The van der Waals surface area contributed by atoms with Gasteiger partial charge in [-0.15, -0.1) is 0 Å². The van der Waals surface area contributed by atoms with Crippen LogP contribution in [0.3, 0.4) is 0 Å². The van der Waals surface area contributed by atoms with Crippen molar-refractivity contribution in [1.29, 1.82) is 0 Å². The first kappa shape index (κ1) is 64.7. The normalized spacial score (nSPS) is 14.3. The van der Waals surface area contributed by atoms with Gasteiger partial charge in [-0.2, -0.15) is 0 Å². The number of hydrogen-bond donors (Lipinski definition) is 1. The molecule has 390 valence electrons. The zero-order valence-electron chi connectivity index (χ0n) is 44.3. The van der Waals surface area contributed by atoms with Gasteiger partial charge in [0.05, 0.1) is 33.8 Å². The van der Waals surface area contributed by atoms with Crippen molar-refractivity contribution in [3.05, 3.63) is 60.8 Å². The number of amides is 1. The van der Waals surface area contributed by atoms with Gasteiger partial charge in [0.1, 0.15) is 19.3 Å². The SMILES string of the molecule is CCCCC/C=C\C/C=C\CCCCCCCCCC(=O)OC(/C=C/CCCCCCCCCCC)C(COP(=O)([O-])OCC[N+](C)(C)C)NC(=O)CC/C=C/C/C=C\CCCCCCCC. The van der Waals surface area contributed by atoms with Crippen LogP contribution in [0.15, 0.2) is 60.8 Å². The van der Waals surface area contributed by atoms with Crippen molar-refractivity contribution in [2.75, 3.05) is 40.9 Å². The van der Waals surface area contributed by atoms with E-state index >= 15 is 0 Å². The fourth-order valence-electron chi connectivity index (χ4n) is 7.60. The molecule has 0 aromatic rings. The summed E-state index contributed by atoms with van der Waals surface area (Å²) < 4.78 is 30.1. The van der Waals surface area contributed by atoms with Crippen molar-refractivity contribution in [3.63, 3.8) is 0 Å². The summed E-state index contributed by atoms with van der Waals surface area (Å²) in [5.74, 6) is -0.630. The van der Waals surface area contributed by atoms with Crippen LogP contribution in [-0.4, -0.2) is 69.4 Å². The van der Waals surface area contributed by atoms with E-state index in [9.17, 15) is 19.0 Å². The first-order valence-corrected chi connectivity index (χ1v) is 29.1. The molecule has 0 radical (unpaired) electrons. The van der Waals surface area contributed by atoms with E-state index < -0.39 is 26.6 Å². The minimum Gasteiger partial charge on any atom is -0.756 e.